The highest BCUT2D eigenvalue weighted by atomic mass is 32.2. The van der Waals surface area contributed by atoms with Crippen molar-refractivity contribution in [2.24, 2.45) is 7.05 Å². The van der Waals surface area contributed by atoms with Crippen LogP contribution >= 0.6 is 11.8 Å². The van der Waals surface area contributed by atoms with Gasteiger partial charge in [0, 0.05) is 13.6 Å². The van der Waals surface area contributed by atoms with E-state index in [1.807, 2.05) is 20.9 Å². The quantitative estimate of drug-likeness (QED) is 0.819. The van der Waals surface area contributed by atoms with Gasteiger partial charge in [0.1, 0.15) is 6.33 Å². The van der Waals surface area contributed by atoms with E-state index in [2.05, 4.69) is 30.4 Å². The maximum Gasteiger partial charge on any atom is 0.322 e. The van der Waals surface area contributed by atoms with Gasteiger partial charge in [-0.05, 0) is 25.1 Å². The average molecular weight is 295 g/mol. The van der Waals surface area contributed by atoms with E-state index in [1.165, 1.54) is 18.1 Å². The van der Waals surface area contributed by atoms with Crippen LogP contribution < -0.4 is 10.1 Å². The van der Waals surface area contributed by atoms with Gasteiger partial charge in [0.25, 0.3) is 0 Å². The molecule has 0 aliphatic rings. The van der Waals surface area contributed by atoms with Crippen LogP contribution in [0.5, 0.6) is 6.01 Å². The van der Waals surface area contributed by atoms with Crippen molar-refractivity contribution in [3.05, 3.63) is 6.33 Å². The number of anilines is 1. The summed E-state index contributed by atoms with van der Waals surface area (Å²) in [6, 6.07) is 0.322. The molecule has 0 saturated heterocycles. The van der Waals surface area contributed by atoms with Crippen LogP contribution in [0.2, 0.25) is 0 Å². The van der Waals surface area contributed by atoms with E-state index < -0.39 is 0 Å². The zero-order valence-electron chi connectivity index (χ0n) is 11.7. The van der Waals surface area contributed by atoms with Gasteiger partial charge in [0.2, 0.25) is 11.1 Å². The van der Waals surface area contributed by atoms with Crippen LogP contribution in [-0.4, -0.2) is 42.9 Å². The first-order valence-corrected chi connectivity index (χ1v) is 7.19. The van der Waals surface area contributed by atoms with E-state index >= 15 is 0 Å². The van der Waals surface area contributed by atoms with Gasteiger partial charge in [-0.1, -0.05) is 6.92 Å². The summed E-state index contributed by atoms with van der Waals surface area (Å²) < 4.78 is 7.13. The molecule has 9 heteroatoms. The number of nitrogens with one attached hydrogen (secondary N) is 1. The summed E-state index contributed by atoms with van der Waals surface area (Å²) in [6.45, 7) is 5.31. The second-order valence-electron chi connectivity index (χ2n) is 3.87. The van der Waals surface area contributed by atoms with Gasteiger partial charge in [-0.15, -0.1) is 0 Å². The monoisotopic (exact) mass is 295 g/mol. The highest BCUT2D eigenvalue weighted by molar-refractivity contribution is 7.99. The molecule has 0 aliphatic carbocycles. The Morgan fingerprint density at radius 2 is 2.15 bits per heavy atom. The summed E-state index contributed by atoms with van der Waals surface area (Å²) in [5.74, 6) is 0.498. The number of aryl methyl sites for hydroxylation is 1. The summed E-state index contributed by atoms with van der Waals surface area (Å²) in [7, 11) is 1.82. The topological polar surface area (TPSA) is 90.6 Å². The summed E-state index contributed by atoms with van der Waals surface area (Å²) >= 11 is 1.32. The van der Waals surface area contributed by atoms with E-state index in [9.17, 15) is 0 Å². The third-order valence-electron chi connectivity index (χ3n) is 2.22. The SMILES string of the molecule is CCCOc1nc(NCC)nc(Sc2ncnn2C)n1. The van der Waals surface area contributed by atoms with Crippen LogP contribution in [0.15, 0.2) is 16.6 Å². The Morgan fingerprint density at radius 3 is 2.80 bits per heavy atom. The third-order valence-corrected chi connectivity index (χ3v) is 3.13. The van der Waals surface area contributed by atoms with Gasteiger partial charge < -0.3 is 10.1 Å². The zero-order chi connectivity index (χ0) is 14.4. The van der Waals surface area contributed by atoms with E-state index in [1.54, 1.807) is 4.68 Å². The summed E-state index contributed by atoms with van der Waals surface area (Å²) in [5, 5.41) is 8.31. The number of ether oxygens (including phenoxy) is 1. The first-order valence-electron chi connectivity index (χ1n) is 6.37. The lowest BCUT2D eigenvalue weighted by Crippen LogP contribution is -2.08. The molecule has 0 radical (unpaired) electrons. The van der Waals surface area contributed by atoms with Crippen molar-refractivity contribution in [1.82, 2.24) is 29.7 Å². The molecule has 2 rings (SSSR count). The predicted molar refractivity (Wildman–Crippen MR) is 74.9 cm³/mol. The molecule has 2 aromatic heterocycles. The fraction of sp³-hybridized carbons (Fsp3) is 0.545. The second kappa shape index (κ2) is 7.04. The molecule has 0 aromatic carbocycles. The highest BCUT2D eigenvalue weighted by Gasteiger charge is 2.11. The number of rotatable bonds is 7. The minimum Gasteiger partial charge on any atom is -0.463 e. The maximum absolute atomic E-state index is 5.47. The third kappa shape index (κ3) is 3.80. The minimum atomic E-state index is 0.322. The number of aromatic nitrogens is 6. The van der Waals surface area contributed by atoms with Crippen molar-refractivity contribution in [2.45, 2.75) is 30.6 Å². The molecule has 0 bridgehead atoms. The van der Waals surface area contributed by atoms with Crippen molar-refractivity contribution < 1.29 is 4.74 Å². The van der Waals surface area contributed by atoms with Crippen LogP contribution in [0.1, 0.15) is 20.3 Å². The lowest BCUT2D eigenvalue weighted by atomic mass is 10.5. The fourth-order valence-electron chi connectivity index (χ4n) is 1.34. The van der Waals surface area contributed by atoms with Crippen molar-refractivity contribution in [2.75, 3.05) is 18.5 Å². The van der Waals surface area contributed by atoms with Crippen LogP contribution in [0.3, 0.4) is 0 Å². The number of hydrogen-bond acceptors (Lipinski definition) is 8. The Labute approximate surface area is 121 Å². The van der Waals surface area contributed by atoms with E-state index in [-0.39, 0.29) is 0 Å². The van der Waals surface area contributed by atoms with Gasteiger partial charge in [-0.2, -0.15) is 20.1 Å². The highest BCUT2D eigenvalue weighted by Crippen LogP contribution is 2.23. The molecule has 2 aromatic rings. The smallest absolute Gasteiger partial charge is 0.322 e. The molecular formula is C11H17N7OS. The van der Waals surface area contributed by atoms with Crippen LogP contribution in [0.4, 0.5) is 5.95 Å². The molecule has 108 valence electrons. The summed E-state index contributed by atoms with van der Waals surface area (Å²) in [6.07, 6.45) is 2.39. The summed E-state index contributed by atoms with van der Waals surface area (Å²) in [4.78, 5) is 16.9. The molecule has 0 amide bonds. The molecule has 2 heterocycles. The molecular weight excluding hydrogens is 278 g/mol. The van der Waals surface area contributed by atoms with Crippen molar-refractivity contribution in [3.8, 4) is 6.01 Å². The van der Waals surface area contributed by atoms with Gasteiger partial charge in [-0.3, -0.25) is 0 Å². The molecule has 8 nitrogen and oxygen atoms in total. The Balaban J connectivity index is 2.21. The number of nitrogens with zero attached hydrogens (tertiary/aromatic N) is 6. The average Bonchev–Trinajstić information content (AvgIpc) is 2.82. The van der Waals surface area contributed by atoms with Crippen LogP contribution in [-0.2, 0) is 7.05 Å². The number of hydrogen-bond donors (Lipinski definition) is 1. The Morgan fingerprint density at radius 1 is 1.30 bits per heavy atom. The molecule has 20 heavy (non-hydrogen) atoms. The Kier molecular flexibility index (Phi) is 5.10. The molecule has 1 N–H and O–H groups in total. The van der Waals surface area contributed by atoms with Gasteiger partial charge in [-0.25, -0.2) is 9.67 Å². The molecule has 0 unspecified atom stereocenters. The maximum atomic E-state index is 5.47. The molecule has 0 spiro atoms. The Bertz CT molecular complexity index is 559. The lowest BCUT2D eigenvalue weighted by molar-refractivity contribution is 0.288. The lowest BCUT2D eigenvalue weighted by Gasteiger charge is -2.07. The predicted octanol–water partition coefficient (Wildman–Crippen LogP) is 1.37. The second-order valence-corrected chi connectivity index (χ2v) is 4.81. The Hall–Kier alpha value is -1.90. The van der Waals surface area contributed by atoms with Crippen molar-refractivity contribution in [1.29, 1.82) is 0 Å². The first kappa shape index (κ1) is 14.5. The van der Waals surface area contributed by atoms with Gasteiger partial charge in [0.05, 0.1) is 6.61 Å². The molecule has 0 saturated carbocycles. The standard InChI is InChI=1S/C11H17N7OS/c1-4-6-19-9-15-8(12-5-2)16-10(17-9)20-11-13-7-14-18(11)3/h7H,4-6H2,1-3H3,(H,12,15,16,17). The van der Waals surface area contributed by atoms with E-state index in [0.29, 0.717) is 28.9 Å². The minimum absolute atomic E-state index is 0.322. The van der Waals surface area contributed by atoms with Crippen molar-refractivity contribution >= 4 is 17.7 Å². The first-order chi connectivity index (χ1) is 9.72. The molecule has 0 fully saturated rings. The zero-order valence-corrected chi connectivity index (χ0v) is 12.5. The van der Waals surface area contributed by atoms with Gasteiger partial charge in [0.15, 0.2) is 5.16 Å². The normalized spacial score (nSPS) is 10.6. The van der Waals surface area contributed by atoms with Crippen LogP contribution in [0, 0.1) is 0 Å². The summed E-state index contributed by atoms with van der Waals surface area (Å²) in [5.41, 5.74) is 0. The van der Waals surface area contributed by atoms with Crippen LogP contribution in [0.25, 0.3) is 0 Å². The largest absolute Gasteiger partial charge is 0.463 e. The molecule has 0 aliphatic heterocycles. The fourth-order valence-corrected chi connectivity index (χ4v) is 2.04. The molecule has 0 atom stereocenters. The van der Waals surface area contributed by atoms with E-state index in [0.717, 1.165) is 13.0 Å². The van der Waals surface area contributed by atoms with Gasteiger partial charge >= 0.3 is 6.01 Å². The van der Waals surface area contributed by atoms with E-state index in [4.69, 9.17) is 4.74 Å². The van der Waals surface area contributed by atoms with Crippen molar-refractivity contribution in [3.63, 3.8) is 0 Å².